The van der Waals surface area contributed by atoms with Crippen LogP contribution in [0.2, 0.25) is 0 Å². The molecule has 1 N–H and O–H groups in total. The predicted molar refractivity (Wildman–Crippen MR) is 81.5 cm³/mol. The molecule has 0 aromatic heterocycles. The van der Waals surface area contributed by atoms with Crippen molar-refractivity contribution in [2.45, 2.75) is 33.1 Å². The van der Waals surface area contributed by atoms with Crippen LogP contribution in [0.25, 0.3) is 0 Å². The van der Waals surface area contributed by atoms with E-state index >= 15 is 0 Å². The molecular formula is C15H31NO5. The van der Waals surface area contributed by atoms with Gasteiger partial charge in [0, 0.05) is 19.6 Å². The number of carbonyl (C=O) groups excluding carboxylic acids is 1. The molecule has 1 amide bonds. The zero-order valence-electron chi connectivity index (χ0n) is 13.5. The summed E-state index contributed by atoms with van der Waals surface area (Å²) in [5, 5.41) is 2.79. The van der Waals surface area contributed by atoms with E-state index in [-0.39, 0.29) is 5.91 Å². The highest BCUT2D eigenvalue weighted by Crippen LogP contribution is 1.86. The Hall–Kier alpha value is -0.690. The fourth-order valence-corrected chi connectivity index (χ4v) is 1.48. The van der Waals surface area contributed by atoms with Crippen molar-refractivity contribution < 1.29 is 23.7 Å². The first-order valence-electron chi connectivity index (χ1n) is 7.88. The van der Waals surface area contributed by atoms with Crippen LogP contribution < -0.4 is 5.32 Å². The number of hydrogen-bond donors (Lipinski definition) is 1. The number of carbonyl (C=O) groups is 1. The lowest BCUT2D eigenvalue weighted by molar-refractivity contribution is -0.121. The Labute approximate surface area is 128 Å². The van der Waals surface area contributed by atoms with Crippen LogP contribution in [-0.4, -0.2) is 65.3 Å². The molecule has 0 aromatic rings. The van der Waals surface area contributed by atoms with E-state index in [9.17, 15) is 4.79 Å². The Kier molecular flexibility index (Phi) is 16.8. The molecule has 0 heterocycles. The van der Waals surface area contributed by atoms with E-state index in [0.29, 0.717) is 59.2 Å². The van der Waals surface area contributed by atoms with Gasteiger partial charge in [-0.15, -0.1) is 0 Å². The molecule has 0 saturated heterocycles. The van der Waals surface area contributed by atoms with E-state index in [0.717, 1.165) is 19.4 Å². The third-order valence-corrected chi connectivity index (χ3v) is 2.51. The van der Waals surface area contributed by atoms with Crippen LogP contribution in [0.4, 0.5) is 0 Å². The molecule has 0 saturated carbocycles. The zero-order chi connectivity index (χ0) is 15.6. The summed E-state index contributed by atoms with van der Waals surface area (Å²) in [4.78, 5) is 11.1. The Bertz CT molecular complexity index is 226. The number of rotatable bonds is 16. The monoisotopic (exact) mass is 305 g/mol. The van der Waals surface area contributed by atoms with Crippen LogP contribution in [0.15, 0.2) is 0 Å². The third kappa shape index (κ3) is 17.3. The van der Waals surface area contributed by atoms with E-state index in [1.54, 1.807) is 0 Å². The van der Waals surface area contributed by atoms with Crippen molar-refractivity contribution in [3.8, 4) is 0 Å². The minimum absolute atomic E-state index is 0.0809. The molecule has 0 fully saturated rings. The average Bonchev–Trinajstić information content (AvgIpc) is 2.48. The highest BCUT2D eigenvalue weighted by Gasteiger charge is 1.97. The molecular weight excluding hydrogens is 274 g/mol. The van der Waals surface area contributed by atoms with Gasteiger partial charge in [0.1, 0.15) is 0 Å². The summed E-state index contributed by atoms with van der Waals surface area (Å²) in [6.07, 6.45) is 2.48. The van der Waals surface area contributed by atoms with Gasteiger partial charge in [-0.25, -0.2) is 0 Å². The van der Waals surface area contributed by atoms with Gasteiger partial charge in [-0.05, 0) is 12.8 Å². The van der Waals surface area contributed by atoms with E-state index in [1.165, 1.54) is 0 Å². The average molecular weight is 305 g/mol. The van der Waals surface area contributed by atoms with E-state index in [1.807, 2.05) is 6.92 Å². The number of hydrogen-bond acceptors (Lipinski definition) is 5. The van der Waals surface area contributed by atoms with Crippen LogP contribution in [0.1, 0.15) is 33.1 Å². The lowest BCUT2D eigenvalue weighted by Crippen LogP contribution is -2.27. The largest absolute Gasteiger partial charge is 0.379 e. The highest BCUT2D eigenvalue weighted by atomic mass is 16.6. The van der Waals surface area contributed by atoms with Gasteiger partial charge in [-0.3, -0.25) is 4.79 Å². The van der Waals surface area contributed by atoms with Crippen LogP contribution in [-0.2, 0) is 23.7 Å². The minimum Gasteiger partial charge on any atom is -0.379 e. The normalized spacial score (nSPS) is 10.8. The molecule has 0 atom stereocenters. The van der Waals surface area contributed by atoms with Crippen LogP contribution in [0.5, 0.6) is 0 Å². The second-order valence-electron chi connectivity index (χ2n) is 4.55. The van der Waals surface area contributed by atoms with Gasteiger partial charge in [0.25, 0.3) is 0 Å². The van der Waals surface area contributed by atoms with Crippen LogP contribution in [0.3, 0.4) is 0 Å². The third-order valence-electron chi connectivity index (χ3n) is 2.51. The SMILES string of the molecule is CCCOCCOCCOCCOCCNC(=O)CCC. The maximum Gasteiger partial charge on any atom is 0.220 e. The maximum atomic E-state index is 11.1. The van der Waals surface area contributed by atoms with Crippen molar-refractivity contribution in [1.82, 2.24) is 5.32 Å². The Morgan fingerprint density at radius 3 is 1.67 bits per heavy atom. The molecule has 0 bridgehead atoms. The van der Waals surface area contributed by atoms with Crippen LogP contribution >= 0.6 is 0 Å². The van der Waals surface area contributed by atoms with Crippen molar-refractivity contribution in [3.63, 3.8) is 0 Å². The molecule has 0 aromatic carbocycles. The fourth-order valence-electron chi connectivity index (χ4n) is 1.48. The van der Waals surface area contributed by atoms with Crippen molar-refractivity contribution in [1.29, 1.82) is 0 Å². The van der Waals surface area contributed by atoms with Crippen molar-refractivity contribution in [2.75, 3.05) is 59.4 Å². The second-order valence-corrected chi connectivity index (χ2v) is 4.55. The molecule has 0 aliphatic heterocycles. The molecule has 0 aliphatic carbocycles. The number of ether oxygens (including phenoxy) is 4. The summed E-state index contributed by atoms with van der Waals surface area (Å²) < 4.78 is 21.3. The van der Waals surface area contributed by atoms with Gasteiger partial charge in [0.2, 0.25) is 5.91 Å². The summed E-state index contributed by atoms with van der Waals surface area (Å²) in [5.74, 6) is 0.0809. The summed E-state index contributed by atoms with van der Waals surface area (Å²) in [7, 11) is 0. The van der Waals surface area contributed by atoms with Crippen molar-refractivity contribution in [3.05, 3.63) is 0 Å². The van der Waals surface area contributed by atoms with E-state index in [2.05, 4.69) is 12.2 Å². The Morgan fingerprint density at radius 2 is 1.19 bits per heavy atom. The first-order chi connectivity index (χ1) is 10.3. The number of nitrogens with one attached hydrogen (secondary N) is 1. The number of amides is 1. The molecule has 0 aliphatic rings. The van der Waals surface area contributed by atoms with Gasteiger partial charge in [-0.1, -0.05) is 13.8 Å². The lowest BCUT2D eigenvalue weighted by atomic mass is 10.3. The van der Waals surface area contributed by atoms with Gasteiger partial charge in [-0.2, -0.15) is 0 Å². The van der Waals surface area contributed by atoms with Gasteiger partial charge >= 0.3 is 0 Å². The molecule has 0 spiro atoms. The zero-order valence-corrected chi connectivity index (χ0v) is 13.5. The van der Waals surface area contributed by atoms with Gasteiger partial charge in [0.05, 0.1) is 46.2 Å². The first-order valence-corrected chi connectivity index (χ1v) is 7.88. The quantitative estimate of drug-likeness (QED) is 0.436. The van der Waals surface area contributed by atoms with Crippen molar-refractivity contribution in [2.24, 2.45) is 0 Å². The fraction of sp³-hybridized carbons (Fsp3) is 0.933. The van der Waals surface area contributed by atoms with Crippen molar-refractivity contribution >= 4 is 5.91 Å². The molecule has 0 radical (unpaired) electrons. The molecule has 0 unspecified atom stereocenters. The molecule has 6 nitrogen and oxygen atoms in total. The summed E-state index contributed by atoms with van der Waals surface area (Å²) in [6, 6.07) is 0. The highest BCUT2D eigenvalue weighted by molar-refractivity contribution is 5.75. The van der Waals surface area contributed by atoms with E-state index in [4.69, 9.17) is 18.9 Å². The molecule has 6 heteroatoms. The van der Waals surface area contributed by atoms with Gasteiger partial charge < -0.3 is 24.3 Å². The molecule has 21 heavy (non-hydrogen) atoms. The molecule has 0 rings (SSSR count). The van der Waals surface area contributed by atoms with E-state index < -0.39 is 0 Å². The topological polar surface area (TPSA) is 66.0 Å². The standard InChI is InChI=1S/C15H31NO5/c1-3-5-15(17)16-6-8-19-10-12-21-14-13-20-11-9-18-7-4-2/h3-14H2,1-2H3,(H,16,17). The summed E-state index contributed by atoms with van der Waals surface area (Å²) in [6.45, 7) is 9.37. The summed E-state index contributed by atoms with van der Waals surface area (Å²) >= 11 is 0. The first kappa shape index (κ1) is 20.3. The Morgan fingerprint density at radius 1 is 0.714 bits per heavy atom. The smallest absolute Gasteiger partial charge is 0.220 e. The van der Waals surface area contributed by atoms with Gasteiger partial charge in [0.15, 0.2) is 0 Å². The molecule has 126 valence electrons. The minimum atomic E-state index is 0.0809. The maximum absolute atomic E-state index is 11.1. The summed E-state index contributed by atoms with van der Waals surface area (Å²) in [5.41, 5.74) is 0. The second kappa shape index (κ2) is 17.4. The lowest BCUT2D eigenvalue weighted by Gasteiger charge is -2.07. The predicted octanol–water partition coefficient (Wildman–Crippen LogP) is 1.38. The Balaban J connectivity index is 3.01. The van der Waals surface area contributed by atoms with Crippen LogP contribution in [0, 0.1) is 0 Å².